The number of amides is 2. The minimum atomic E-state index is -0.430. The minimum Gasteiger partial charge on any atom is -0.294 e. The van der Waals surface area contributed by atoms with Gasteiger partial charge in [0.25, 0.3) is 5.91 Å². The highest BCUT2D eigenvalue weighted by molar-refractivity contribution is 7.17. The molecule has 0 unspecified atom stereocenters. The van der Waals surface area contributed by atoms with Gasteiger partial charge in [0, 0.05) is 24.0 Å². The van der Waals surface area contributed by atoms with Crippen molar-refractivity contribution < 1.29 is 14.4 Å². The number of nitrogens with one attached hydrogen (secondary N) is 2. The normalized spacial score (nSPS) is 10.4. The molecule has 6 nitrogen and oxygen atoms in total. The Morgan fingerprint density at radius 2 is 1.59 bits per heavy atom. The van der Waals surface area contributed by atoms with E-state index in [9.17, 15) is 14.4 Å². The topological polar surface area (TPSA) is 88.2 Å². The molecule has 1 heterocycles. The first-order valence-electron chi connectivity index (χ1n) is 9.16. The Kier molecular flexibility index (Phi) is 6.51. The van der Waals surface area contributed by atoms with Crippen LogP contribution in [0.3, 0.4) is 0 Å². The van der Waals surface area contributed by atoms with Crippen molar-refractivity contribution in [1.82, 2.24) is 15.8 Å². The predicted octanol–water partition coefficient (Wildman–Crippen LogP) is 3.85. The van der Waals surface area contributed by atoms with Gasteiger partial charge < -0.3 is 0 Å². The lowest BCUT2D eigenvalue weighted by molar-refractivity contribution is -0.121. The van der Waals surface area contributed by atoms with Gasteiger partial charge in [-0.1, -0.05) is 60.2 Å². The molecular formula is C22H21N3O3S. The van der Waals surface area contributed by atoms with Crippen molar-refractivity contribution in [3.63, 3.8) is 0 Å². The number of thiazole rings is 1. The molecule has 0 aliphatic carbocycles. The third kappa shape index (κ3) is 5.36. The van der Waals surface area contributed by atoms with Crippen molar-refractivity contribution >= 4 is 28.9 Å². The molecule has 0 aliphatic rings. The number of nitrogens with zero attached hydrogens (tertiary/aromatic N) is 1. The Bertz CT molecular complexity index is 1030. The molecule has 0 saturated heterocycles. The molecule has 0 atom stereocenters. The number of carbonyl (C=O) groups excluding carboxylic acids is 3. The molecule has 0 saturated carbocycles. The van der Waals surface area contributed by atoms with Gasteiger partial charge >= 0.3 is 0 Å². The van der Waals surface area contributed by atoms with Crippen LogP contribution in [0.15, 0.2) is 54.6 Å². The number of carbonyl (C=O) groups is 3. The molecule has 3 aromatic rings. The summed E-state index contributed by atoms with van der Waals surface area (Å²) in [4.78, 5) is 41.4. The molecule has 0 fully saturated rings. The van der Waals surface area contributed by atoms with Crippen molar-refractivity contribution in [2.45, 2.75) is 26.7 Å². The number of ketones is 1. The second-order valence-corrected chi connectivity index (χ2v) is 7.59. The van der Waals surface area contributed by atoms with Crippen LogP contribution in [0.4, 0.5) is 0 Å². The van der Waals surface area contributed by atoms with E-state index in [0.717, 1.165) is 16.1 Å². The minimum absolute atomic E-state index is 0.00999. The van der Waals surface area contributed by atoms with Crippen molar-refractivity contribution in [3.05, 3.63) is 76.3 Å². The lowest BCUT2D eigenvalue weighted by atomic mass is 10.1. The summed E-state index contributed by atoms with van der Waals surface area (Å²) >= 11 is 1.26. The fourth-order valence-electron chi connectivity index (χ4n) is 2.67. The number of hydrogen-bond acceptors (Lipinski definition) is 5. The average molecular weight is 407 g/mol. The van der Waals surface area contributed by atoms with E-state index in [0.29, 0.717) is 16.1 Å². The van der Waals surface area contributed by atoms with Crippen LogP contribution in [0.5, 0.6) is 0 Å². The third-order valence-electron chi connectivity index (χ3n) is 4.29. The Labute approximate surface area is 173 Å². The molecule has 2 N–H and O–H groups in total. The molecule has 3 rings (SSSR count). The largest absolute Gasteiger partial charge is 0.294 e. The maximum absolute atomic E-state index is 12.4. The second-order valence-electron chi connectivity index (χ2n) is 6.59. The fourth-order valence-corrected chi connectivity index (χ4v) is 3.63. The number of Topliss-reactive ketones (excluding diaryl/α,β-unsaturated/α-hetero) is 1. The zero-order valence-corrected chi connectivity index (χ0v) is 17.0. The highest BCUT2D eigenvalue weighted by Gasteiger charge is 2.17. The summed E-state index contributed by atoms with van der Waals surface area (Å²) in [6.45, 7) is 3.69. The summed E-state index contributed by atoms with van der Waals surface area (Å²) in [6.07, 6.45) is 0.0619. The van der Waals surface area contributed by atoms with Crippen molar-refractivity contribution in [2.24, 2.45) is 0 Å². The summed E-state index contributed by atoms with van der Waals surface area (Å²) in [5.41, 5.74) is 7.92. The SMILES string of the molecule is Cc1ccc(C(=O)CCC(=O)NNC(=O)c2sc(-c3ccccc3)nc2C)cc1. The van der Waals surface area contributed by atoms with Gasteiger partial charge in [-0.15, -0.1) is 11.3 Å². The quantitative estimate of drug-likeness (QED) is 0.480. The first kappa shape index (κ1) is 20.4. The first-order chi connectivity index (χ1) is 13.9. The zero-order chi connectivity index (χ0) is 20.8. The lowest BCUT2D eigenvalue weighted by Gasteiger charge is -2.06. The molecule has 148 valence electrons. The Hall–Kier alpha value is -3.32. The Morgan fingerprint density at radius 3 is 2.28 bits per heavy atom. The van der Waals surface area contributed by atoms with Crippen LogP contribution in [0.2, 0.25) is 0 Å². The van der Waals surface area contributed by atoms with E-state index in [-0.39, 0.29) is 18.6 Å². The van der Waals surface area contributed by atoms with Crippen LogP contribution in [-0.2, 0) is 4.79 Å². The second kappa shape index (κ2) is 9.25. The van der Waals surface area contributed by atoms with Crippen molar-refractivity contribution in [3.8, 4) is 10.6 Å². The summed E-state index contributed by atoms with van der Waals surface area (Å²) < 4.78 is 0. The van der Waals surface area contributed by atoms with Crippen LogP contribution in [0.1, 0.15) is 44.1 Å². The molecule has 29 heavy (non-hydrogen) atoms. The van der Waals surface area contributed by atoms with Gasteiger partial charge in [-0.3, -0.25) is 25.2 Å². The molecule has 0 spiro atoms. The highest BCUT2D eigenvalue weighted by atomic mass is 32.1. The van der Waals surface area contributed by atoms with Crippen molar-refractivity contribution in [1.29, 1.82) is 0 Å². The number of benzene rings is 2. The molecular weight excluding hydrogens is 386 g/mol. The van der Waals surface area contributed by atoms with Gasteiger partial charge in [-0.2, -0.15) is 0 Å². The van der Waals surface area contributed by atoms with E-state index < -0.39 is 11.8 Å². The fraction of sp³-hybridized carbons (Fsp3) is 0.182. The Balaban J connectivity index is 1.51. The van der Waals surface area contributed by atoms with Gasteiger partial charge in [0.15, 0.2) is 5.78 Å². The van der Waals surface area contributed by atoms with Crippen LogP contribution in [0.25, 0.3) is 10.6 Å². The summed E-state index contributed by atoms with van der Waals surface area (Å²) in [7, 11) is 0. The standard InChI is InChI=1S/C22H21N3O3S/c1-14-8-10-16(11-9-14)18(26)12-13-19(27)24-25-21(28)20-15(2)23-22(29-20)17-6-4-3-5-7-17/h3-11H,12-13H2,1-2H3,(H,24,27)(H,25,28). The highest BCUT2D eigenvalue weighted by Crippen LogP contribution is 2.27. The van der Waals surface area contributed by atoms with Gasteiger partial charge in [-0.05, 0) is 13.8 Å². The number of hydrogen-bond donors (Lipinski definition) is 2. The first-order valence-corrected chi connectivity index (χ1v) is 9.97. The molecule has 1 aromatic heterocycles. The molecule has 7 heteroatoms. The smallest absolute Gasteiger partial charge is 0.281 e. The van der Waals surface area contributed by atoms with Crippen LogP contribution in [0, 0.1) is 13.8 Å². The monoisotopic (exact) mass is 407 g/mol. The summed E-state index contributed by atoms with van der Waals surface area (Å²) in [5.74, 6) is -0.970. The number of rotatable bonds is 6. The summed E-state index contributed by atoms with van der Waals surface area (Å²) in [6, 6.07) is 16.8. The number of aryl methyl sites for hydroxylation is 2. The van der Waals surface area contributed by atoms with E-state index in [2.05, 4.69) is 15.8 Å². The van der Waals surface area contributed by atoms with Crippen LogP contribution >= 0.6 is 11.3 Å². The van der Waals surface area contributed by atoms with E-state index in [1.54, 1.807) is 19.1 Å². The molecule has 0 bridgehead atoms. The van der Waals surface area contributed by atoms with E-state index >= 15 is 0 Å². The van der Waals surface area contributed by atoms with Crippen molar-refractivity contribution in [2.75, 3.05) is 0 Å². The van der Waals surface area contributed by atoms with Gasteiger partial charge in [0.2, 0.25) is 5.91 Å². The maximum Gasteiger partial charge on any atom is 0.281 e. The van der Waals surface area contributed by atoms with E-state index in [1.807, 2.05) is 49.4 Å². The van der Waals surface area contributed by atoms with Crippen LogP contribution in [-0.4, -0.2) is 22.6 Å². The van der Waals surface area contributed by atoms with E-state index in [1.165, 1.54) is 11.3 Å². The van der Waals surface area contributed by atoms with E-state index in [4.69, 9.17) is 0 Å². The van der Waals surface area contributed by atoms with Gasteiger partial charge in [0.05, 0.1) is 5.69 Å². The number of hydrazine groups is 1. The van der Waals surface area contributed by atoms with Gasteiger partial charge in [-0.25, -0.2) is 4.98 Å². The predicted molar refractivity (Wildman–Crippen MR) is 113 cm³/mol. The average Bonchev–Trinajstić information content (AvgIpc) is 3.13. The number of aromatic nitrogens is 1. The zero-order valence-electron chi connectivity index (χ0n) is 16.2. The lowest BCUT2D eigenvalue weighted by Crippen LogP contribution is -2.41. The third-order valence-corrected chi connectivity index (χ3v) is 5.50. The molecule has 0 radical (unpaired) electrons. The molecule has 2 amide bonds. The Morgan fingerprint density at radius 1 is 0.897 bits per heavy atom. The van der Waals surface area contributed by atoms with Crippen LogP contribution < -0.4 is 10.9 Å². The van der Waals surface area contributed by atoms with Gasteiger partial charge in [0.1, 0.15) is 9.88 Å². The molecule has 0 aliphatic heterocycles. The maximum atomic E-state index is 12.4. The molecule has 2 aromatic carbocycles. The summed E-state index contributed by atoms with van der Waals surface area (Å²) in [5, 5.41) is 0.739.